The monoisotopic (exact) mass is 356 g/mol. The number of benzene rings is 1. The van der Waals surface area contributed by atoms with Crippen molar-refractivity contribution in [2.24, 2.45) is 0 Å². The molecule has 1 rings (SSSR count). The molecule has 0 saturated heterocycles. The Kier molecular flexibility index (Phi) is 7.49. The third-order valence-corrected chi connectivity index (χ3v) is 2.95. The second-order valence-electron chi connectivity index (χ2n) is 4.07. The zero-order chi connectivity index (χ0) is 15.7. The molecular formula is C14H17BrN2O4. The first-order valence-electron chi connectivity index (χ1n) is 6.31. The van der Waals surface area contributed by atoms with Gasteiger partial charge in [-0.2, -0.15) is 0 Å². The van der Waals surface area contributed by atoms with Gasteiger partial charge in [-0.05, 0) is 24.6 Å². The number of hydrogen-bond acceptors (Lipinski definition) is 3. The summed E-state index contributed by atoms with van der Waals surface area (Å²) in [5.74, 6) is -1.11. The van der Waals surface area contributed by atoms with Gasteiger partial charge >= 0.3 is 12.0 Å². The SMILES string of the molecule is C=CCCOCCNC(=O)Nc1ccc(Br)cc1C(=O)O. The third-order valence-electron chi connectivity index (χ3n) is 2.46. The van der Waals surface area contributed by atoms with Crippen LogP contribution in [0, 0.1) is 0 Å². The number of amides is 2. The van der Waals surface area contributed by atoms with Crippen LogP contribution in [-0.2, 0) is 4.74 Å². The summed E-state index contributed by atoms with van der Waals surface area (Å²) < 4.78 is 5.86. The van der Waals surface area contributed by atoms with Gasteiger partial charge in [0.1, 0.15) is 0 Å². The van der Waals surface area contributed by atoms with Crippen LogP contribution in [0.4, 0.5) is 10.5 Å². The Balaban J connectivity index is 2.44. The summed E-state index contributed by atoms with van der Waals surface area (Å²) in [4.78, 5) is 22.8. The highest BCUT2D eigenvalue weighted by molar-refractivity contribution is 9.10. The van der Waals surface area contributed by atoms with E-state index in [1.54, 1.807) is 12.1 Å². The fourth-order valence-corrected chi connectivity index (χ4v) is 1.84. The highest BCUT2D eigenvalue weighted by Gasteiger charge is 2.12. The van der Waals surface area contributed by atoms with Gasteiger partial charge in [0, 0.05) is 11.0 Å². The number of urea groups is 1. The van der Waals surface area contributed by atoms with Crippen LogP contribution < -0.4 is 10.6 Å². The Labute approximate surface area is 131 Å². The Morgan fingerprint density at radius 3 is 2.81 bits per heavy atom. The third kappa shape index (κ3) is 6.42. The standard InChI is InChI=1S/C14H17BrN2O4/c1-2-3-7-21-8-6-16-14(20)17-12-5-4-10(15)9-11(12)13(18)19/h2,4-5,9H,1,3,6-8H2,(H,18,19)(H2,16,17,20). The summed E-state index contributed by atoms with van der Waals surface area (Å²) in [6.45, 7) is 4.85. The van der Waals surface area contributed by atoms with Crippen molar-refractivity contribution < 1.29 is 19.4 Å². The lowest BCUT2D eigenvalue weighted by Gasteiger charge is -2.10. The van der Waals surface area contributed by atoms with Crippen LogP contribution in [-0.4, -0.2) is 36.9 Å². The molecule has 0 bridgehead atoms. The maximum atomic E-state index is 11.7. The molecule has 0 unspecified atom stereocenters. The molecular weight excluding hydrogens is 340 g/mol. The number of hydrogen-bond donors (Lipinski definition) is 3. The average molecular weight is 357 g/mol. The largest absolute Gasteiger partial charge is 0.478 e. The van der Waals surface area contributed by atoms with Gasteiger partial charge in [0.2, 0.25) is 0 Å². The minimum absolute atomic E-state index is 0.0155. The van der Waals surface area contributed by atoms with E-state index in [2.05, 4.69) is 33.1 Å². The molecule has 21 heavy (non-hydrogen) atoms. The molecule has 6 nitrogen and oxygen atoms in total. The smallest absolute Gasteiger partial charge is 0.337 e. The number of carbonyl (C=O) groups excluding carboxylic acids is 1. The van der Waals surface area contributed by atoms with Crippen molar-refractivity contribution in [1.29, 1.82) is 0 Å². The maximum absolute atomic E-state index is 11.7. The van der Waals surface area contributed by atoms with Gasteiger partial charge < -0.3 is 20.5 Å². The molecule has 0 atom stereocenters. The number of nitrogens with one attached hydrogen (secondary N) is 2. The first-order valence-corrected chi connectivity index (χ1v) is 7.10. The number of aromatic carboxylic acids is 1. The van der Waals surface area contributed by atoms with Crippen LogP contribution in [0.25, 0.3) is 0 Å². The molecule has 2 amide bonds. The van der Waals surface area contributed by atoms with Crippen LogP contribution in [0.3, 0.4) is 0 Å². The number of carboxylic acids is 1. The topological polar surface area (TPSA) is 87.7 Å². The van der Waals surface area contributed by atoms with Gasteiger partial charge in [-0.3, -0.25) is 0 Å². The van der Waals surface area contributed by atoms with Crippen molar-refractivity contribution in [3.8, 4) is 0 Å². The van der Waals surface area contributed by atoms with Gasteiger partial charge in [0.25, 0.3) is 0 Å². The van der Waals surface area contributed by atoms with Crippen LogP contribution in [0.1, 0.15) is 16.8 Å². The van der Waals surface area contributed by atoms with E-state index in [1.807, 2.05) is 0 Å². The van der Waals surface area contributed by atoms with Crippen LogP contribution >= 0.6 is 15.9 Å². The van der Waals surface area contributed by atoms with E-state index in [9.17, 15) is 9.59 Å². The molecule has 0 heterocycles. The Morgan fingerprint density at radius 1 is 1.38 bits per heavy atom. The van der Waals surface area contributed by atoms with E-state index in [4.69, 9.17) is 9.84 Å². The van der Waals surface area contributed by atoms with E-state index < -0.39 is 12.0 Å². The quantitative estimate of drug-likeness (QED) is 0.493. The van der Waals surface area contributed by atoms with E-state index in [0.717, 1.165) is 6.42 Å². The summed E-state index contributed by atoms with van der Waals surface area (Å²) in [6.07, 6.45) is 2.51. The molecule has 0 aromatic heterocycles. The molecule has 1 aromatic rings. The summed E-state index contributed by atoms with van der Waals surface area (Å²) in [5, 5.41) is 14.2. The number of carboxylic acid groups (broad SMARTS) is 1. The zero-order valence-corrected chi connectivity index (χ0v) is 13.0. The number of ether oxygens (including phenoxy) is 1. The number of rotatable bonds is 8. The van der Waals surface area contributed by atoms with Gasteiger partial charge in [-0.1, -0.05) is 22.0 Å². The van der Waals surface area contributed by atoms with Crippen molar-refractivity contribution in [1.82, 2.24) is 5.32 Å². The van der Waals surface area contributed by atoms with E-state index >= 15 is 0 Å². The number of carbonyl (C=O) groups is 2. The molecule has 0 saturated carbocycles. The fraction of sp³-hybridized carbons (Fsp3) is 0.286. The van der Waals surface area contributed by atoms with Gasteiger partial charge in [-0.25, -0.2) is 9.59 Å². The van der Waals surface area contributed by atoms with Crippen molar-refractivity contribution in [2.45, 2.75) is 6.42 Å². The molecule has 114 valence electrons. The lowest BCUT2D eigenvalue weighted by molar-refractivity contribution is 0.0698. The molecule has 7 heteroatoms. The Hall–Kier alpha value is -1.86. The maximum Gasteiger partial charge on any atom is 0.337 e. The Morgan fingerprint density at radius 2 is 2.14 bits per heavy atom. The molecule has 0 spiro atoms. The van der Waals surface area contributed by atoms with Gasteiger partial charge in [-0.15, -0.1) is 6.58 Å². The molecule has 0 aliphatic rings. The van der Waals surface area contributed by atoms with Crippen molar-refractivity contribution in [3.05, 3.63) is 40.9 Å². The number of anilines is 1. The second kappa shape index (κ2) is 9.15. The lowest BCUT2D eigenvalue weighted by Crippen LogP contribution is -2.32. The van der Waals surface area contributed by atoms with E-state index in [-0.39, 0.29) is 11.3 Å². The number of halogens is 1. The Bertz CT molecular complexity index is 520. The zero-order valence-electron chi connectivity index (χ0n) is 11.4. The minimum atomic E-state index is -1.11. The van der Waals surface area contributed by atoms with Crippen LogP contribution in [0.2, 0.25) is 0 Å². The summed E-state index contributed by atoms with van der Waals surface area (Å²) in [6, 6.07) is 4.12. The summed E-state index contributed by atoms with van der Waals surface area (Å²) in [7, 11) is 0. The van der Waals surface area contributed by atoms with Crippen molar-refractivity contribution in [2.75, 3.05) is 25.1 Å². The normalized spacial score (nSPS) is 9.95. The second-order valence-corrected chi connectivity index (χ2v) is 4.98. The highest BCUT2D eigenvalue weighted by Crippen LogP contribution is 2.21. The average Bonchev–Trinajstić information content (AvgIpc) is 2.44. The lowest BCUT2D eigenvalue weighted by atomic mass is 10.2. The van der Waals surface area contributed by atoms with Crippen LogP contribution in [0.15, 0.2) is 35.3 Å². The summed E-state index contributed by atoms with van der Waals surface area (Å²) in [5.41, 5.74) is 0.248. The predicted molar refractivity (Wildman–Crippen MR) is 83.8 cm³/mol. The van der Waals surface area contributed by atoms with Gasteiger partial charge in [0.05, 0.1) is 24.5 Å². The van der Waals surface area contributed by atoms with E-state index in [1.165, 1.54) is 12.1 Å². The highest BCUT2D eigenvalue weighted by atomic mass is 79.9. The van der Waals surface area contributed by atoms with Crippen molar-refractivity contribution in [3.63, 3.8) is 0 Å². The molecule has 3 N–H and O–H groups in total. The van der Waals surface area contributed by atoms with E-state index in [0.29, 0.717) is 24.2 Å². The van der Waals surface area contributed by atoms with Crippen molar-refractivity contribution >= 4 is 33.6 Å². The first-order chi connectivity index (χ1) is 10.0. The molecule has 0 aliphatic heterocycles. The summed E-state index contributed by atoms with van der Waals surface area (Å²) >= 11 is 3.19. The first kappa shape index (κ1) is 17.2. The fourth-order valence-electron chi connectivity index (χ4n) is 1.47. The van der Waals surface area contributed by atoms with Crippen LogP contribution in [0.5, 0.6) is 0 Å². The molecule has 0 radical (unpaired) electrons. The predicted octanol–water partition coefficient (Wildman–Crippen LogP) is 2.86. The molecule has 1 aromatic carbocycles. The molecule has 0 aliphatic carbocycles. The minimum Gasteiger partial charge on any atom is -0.478 e. The molecule has 0 fully saturated rings. The van der Waals surface area contributed by atoms with Gasteiger partial charge in [0.15, 0.2) is 0 Å².